The zero-order valence-electron chi connectivity index (χ0n) is 13.1. The summed E-state index contributed by atoms with van der Waals surface area (Å²) in [6, 6.07) is 25.2. The Hall–Kier alpha value is -2.04. The highest BCUT2D eigenvalue weighted by Gasteiger charge is 2.28. The highest BCUT2D eigenvalue weighted by atomic mass is 79.9. The first kappa shape index (κ1) is 15.2. The van der Waals surface area contributed by atoms with Crippen LogP contribution in [0.25, 0.3) is 22.2 Å². The number of hydrogen-bond acceptors (Lipinski definition) is 1. The maximum Gasteiger partial charge on any atom is 0.203 e. The van der Waals surface area contributed by atoms with Gasteiger partial charge in [-0.05, 0) is 42.5 Å². The van der Waals surface area contributed by atoms with Crippen molar-refractivity contribution in [2.24, 2.45) is 0 Å². The smallest absolute Gasteiger partial charge is 0.203 e. The van der Waals surface area contributed by atoms with Crippen LogP contribution in [-0.2, 0) is 0 Å². The van der Waals surface area contributed by atoms with E-state index in [-0.39, 0.29) is 6.23 Å². The van der Waals surface area contributed by atoms with E-state index >= 15 is 0 Å². The van der Waals surface area contributed by atoms with E-state index in [0.717, 1.165) is 25.8 Å². The molecular weight excluding hydrogens is 442 g/mol. The standard InChI is InChI=1S/C21H13Br2NO/c22-15-7-9-18-14(10-15)11-19-17-8-6-16(23)12-20(17)25-21(24(18)19)13-4-2-1-3-5-13/h1-12,21H. The lowest BCUT2D eigenvalue weighted by atomic mass is 10.1. The van der Waals surface area contributed by atoms with Crippen LogP contribution in [0, 0.1) is 0 Å². The Balaban J connectivity index is 1.84. The molecule has 0 aliphatic carbocycles. The van der Waals surface area contributed by atoms with Gasteiger partial charge >= 0.3 is 0 Å². The summed E-state index contributed by atoms with van der Waals surface area (Å²) in [6.07, 6.45) is -0.184. The molecule has 0 saturated carbocycles. The summed E-state index contributed by atoms with van der Waals surface area (Å²) in [5.74, 6) is 0.901. The first-order valence-electron chi connectivity index (χ1n) is 8.03. The van der Waals surface area contributed by atoms with Gasteiger partial charge in [-0.25, -0.2) is 0 Å². The second-order valence-corrected chi connectivity index (χ2v) is 7.96. The molecule has 1 aromatic heterocycles. The molecule has 0 fully saturated rings. The molecule has 4 heteroatoms. The van der Waals surface area contributed by atoms with Crippen molar-refractivity contribution in [3.8, 4) is 17.0 Å². The van der Waals surface area contributed by atoms with Crippen LogP contribution in [-0.4, -0.2) is 4.57 Å². The van der Waals surface area contributed by atoms with E-state index in [1.165, 1.54) is 16.6 Å². The quantitative estimate of drug-likeness (QED) is 0.309. The van der Waals surface area contributed by atoms with Crippen LogP contribution >= 0.6 is 31.9 Å². The van der Waals surface area contributed by atoms with Gasteiger partial charge in [0.2, 0.25) is 6.23 Å². The molecule has 1 unspecified atom stereocenters. The summed E-state index contributed by atoms with van der Waals surface area (Å²) in [4.78, 5) is 0. The Morgan fingerprint density at radius 1 is 0.800 bits per heavy atom. The van der Waals surface area contributed by atoms with E-state index in [0.29, 0.717) is 0 Å². The zero-order chi connectivity index (χ0) is 17.0. The topological polar surface area (TPSA) is 14.2 Å². The first-order valence-corrected chi connectivity index (χ1v) is 9.61. The lowest BCUT2D eigenvalue weighted by Crippen LogP contribution is -2.22. The second kappa shape index (κ2) is 5.75. The summed E-state index contributed by atoms with van der Waals surface area (Å²) >= 11 is 7.14. The van der Waals surface area contributed by atoms with Crippen molar-refractivity contribution >= 4 is 42.8 Å². The molecule has 3 aromatic carbocycles. The fraction of sp³-hybridized carbons (Fsp3) is 0.0476. The van der Waals surface area contributed by atoms with Gasteiger partial charge in [0, 0.05) is 25.5 Å². The third-order valence-corrected chi connectivity index (χ3v) is 5.56. The maximum absolute atomic E-state index is 6.44. The monoisotopic (exact) mass is 453 g/mol. The van der Waals surface area contributed by atoms with Gasteiger partial charge in [0.05, 0.1) is 11.2 Å². The molecule has 0 radical (unpaired) electrons. The van der Waals surface area contributed by atoms with Gasteiger partial charge in [-0.15, -0.1) is 0 Å². The van der Waals surface area contributed by atoms with Crippen molar-refractivity contribution in [2.45, 2.75) is 6.23 Å². The molecule has 2 nitrogen and oxygen atoms in total. The molecule has 1 aliphatic rings. The third-order valence-electron chi connectivity index (χ3n) is 4.58. The lowest BCUT2D eigenvalue weighted by Gasteiger charge is -2.30. The molecule has 0 amide bonds. The molecule has 0 spiro atoms. The Bertz CT molecular complexity index is 1100. The minimum atomic E-state index is -0.184. The molecule has 122 valence electrons. The van der Waals surface area contributed by atoms with Gasteiger partial charge in [0.1, 0.15) is 5.75 Å². The molecular formula is C21H13Br2NO. The van der Waals surface area contributed by atoms with Gasteiger partial charge < -0.3 is 9.30 Å². The summed E-state index contributed by atoms with van der Waals surface area (Å²) < 4.78 is 10.8. The molecule has 25 heavy (non-hydrogen) atoms. The number of rotatable bonds is 1. The van der Waals surface area contributed by atoms with Crippen molar-refractivity contribution in [1.82, 2.24) is 4.57 Å². The van der Waals surface area contributed by atoms with E-state index < -0.39 is 0 Å². The van der Waals surface area contributed by atoms with E-state index in [1.807, 2.05) is 12.1 Å². The molecule has 0 N–H and O–H groups in total. The number of aromatic nitrogens is 1. The summed E-state index contributed by atoms with van der Waals surface area (Å²) in [7, 11) is 0. The summed E-state index contributed by atoms with van der Waals surface area (Å²) in [6.45, 7) is 0. The predicted octanol–water partition coefficient (Wildman–Crippen LogP) is 6.77. The SMILES string of the molecule is Brc1ccc2c(c1)OC(c1ccccc1)n1c-2cc2cc(Br)ccc21. The minimum absolute atomic E-state index is 0.184. The van der Waals surface area contributed by atoms with Crippen molar-refractivity contribution in [3.05, 3.63) is 87.3 Å². The molecule has 2 heterocycles. The number of halogens is 2. The Labute approximate surface area is 162 Å². The van der Waals surface area contributed by atoms with Crippen LogP contribution < -0.4 is 4.74 Å². The fourth-order valence-electron chi connectivity index (χ4n) is 3.48. The van der Waals surface area contributed by atoms with Gasteiger partial charge in [0.25, 0.3) is 0 Å². The first-order chi connectivity index (χ1) is 12.2. The molecule has 1 atom stereocenters. The van der Waals surface area contributed by atoms with Crippen LogP contribution in [0.2, 0.25) is 0 Å². The number of hydrogen-bond donors (Lipinski definition) is 0. The fourth-order valence-corrected chi connectivity index (χ4v) is 4.20. The average Bonchev–Trinajstić information content (AvgIpc) is 3.00. The van der Waals surface area contributed by atoms with Gasteiger partial charge in [-0.2, -0.15) is 0 Å². The van der Waals surface area contributed by atoms with E-state index in [4.69, 9.17) is 4.74 Å². The molecule has 4 aromatic rings. The van der Waals surface area contributed by atoms with Crippen LogP contribution in [0.3, 0.4) is 0 Å². The zero-order valence-corrected chi connectivity index (χ0v) is 16.3. The van der Waals surface area contributed by atoms with Crippen LogP contribution in [0.1, 0.15) is 11.8 Å². The van der Waals surface area contributed by atoms with Crippen LogP contribution in [0.15, 0.2) is 81.7 Å². The van der Waals surface area contributed by atoms with Crippen molar-refractivity contribution < 1.29 is 4.74 Å². The van der Waals surface area contributed by atoms with Crippen molar-refractivity contribution in [2.75, 3.05) is 0 Å². The van der Waals surface area contributed by atoms with Crippen LogP contribution in [0.5, 0.6) is 5.75 Å². The summed E-state index contributed by atoms with van der Waals surface area (Å²) in [5, 5.41) is 1.20. The number of ether oxygens (including phenoxy) is 1. The predicted molar refractivity (Wildman–Crippen MR) is 108 cm³/mol. The molecule has 1 aliphatic heterocycles. The number of nitrogens with zero attached hydrogens (tertiary/aromatic N) is 1. The van der Waals surface area contributed by atoms with Gasteiger partial charge in [-0.1, -0.05) is 62.2 Å². The van der Waals surface area contributed by atoms with Gasteiger partial charge in [0.15, 0.2) is 0 Å². The molecule has 0 bridgehead atoms. The molecule has 5 rings (SSSR count). The number of fused-ring (bicyclic) bond motifs is 5. The Kier molecular flexibility index (Phi) is 3.50. The minimum Gasteiger partial charge on any atom is -0.465 e. The Morgan fingerprint density at radius 3 is 2.40 bits per heavy atom. The Morgan fingerprint density at radius 2 is 1.56 bits per heavy atom. The largest absolute Gasteiger partial charge is 0.465 e. The van der Waals surface area contributed by atoms with Crippen molar-refractivity contribution in [3.63, 3.8) is 0 Å². The normalized spacial score (nSPS) is 15.5. The molecule has 0 saturated heterocycles. The maximum atomic E-state index is 6.44. The third kappa shape index (κ3) is 2.43. The highest BCUT2D eigenvalue weighted by molar-refractivity contribution is 9.10. The highest BCUT2D eigenvalue weighted by Crippen LogP contribution is 2.45. The van der Waals surface area contributed by atoms with Crippen molar-refractivity contribution in [1.29, 1.82) is 0 Å². The summed E-state index contributed by atoms with van der Waals surface area (Å²) in [5.41, 5.74) is 4.59. The van der Waals surface area contributed by atoms with Gasteiger partial charge in [-0.3, -0.25) is 0 Å². The second-order valence-electron chi connectivity index (χ2n) is 6.12. The van der Waals surface area contributed by atoms with E-state index in [2.05, 4.69) is 97.1 Å². The average molecular weight is 455 g/mol. The van der Waals surface area contributed by atoms with E-state index in [9.17, 15) is 0 Å². The van der Waals surface area contributed by atoms with Crippen LogP contribution in [0.4, 0.5) is 0 Å². The number of benzene rings is 3. The van der Waals surface area contributed by atoms with E-state index in [1.54, 1.807) is 0 Å². The lowest BCUT2D eigenvalue weighted by molar-refractivity contribution is 0.173.